The quantitative estimate of drug-likeness (QED) is 0.828. The fraction of sp³-hybridized carbons (Fsp3) is 0.357. The van der Waals surface area contributed by atoms with E-state index in [1.165, 1.54) is 0 Å². The first-order valence-corrected chi connectivity index (χ1v) is 6.21. The summed E-state index contributed by atoms with van der Waals surface area (Å²) in [4.78, 5) is 4.04. The zero-order valence-electron chi connectivity index (χ0n) is 10.2. The van der Waals surface area contributed by atoms with Gasteiger partial charge in [0.2, 0.25) is 0 Å². The second kappa shape index (κ2) is 5.23. The van der Waals surface area contributed by atoms with Gasteiger partial charge in [0.1, 0.15) is 5.75 Å². The van der Waals surface area contributed by atoms with Crippen molar-refractivity contribution < 1.29 is 9.47 Å². The molecule has 0 spiro atoms. The van der Waals surface area contributed by atoms with Gasteiger partial charge in [0.25, 0.3) is 0 Å². The topological polar surface area (TPSA) is 36.3 Å². The molecule has 2 heterocycles. The molecule has 1 saturated heterocycles. The molecule has 1 aromatic heterocycles. The monoisotopic (exact) mass is 244 g/mol. The molecule has 0 bridgehead atoms. The Labute approximate surface area is 106 Å². The summed E-state index contributed by atoms with van der Waals surface area (Å²) >= 11 is 0. The Morgan fingerprint density at radius 3 is 3.22 bits per heavy atom. The lowest BCUT2D eigenvalue weighted by molar-refractivity contribution is 0.167. The molecular weight excluding hydrogens is 228 g/mol. The molecule has 0 radical (unpaired) electrons. The van der Waals surface area contributed by atoms with E-state index in [4.69, 9.17) is 9.47 Å². The molecule has 1 fully saturated rings. The fourth-order valence-electron chi connectivity index (χ4n) is 2.07. The van der Waals surface area contributed by atoms with Gasteiger partial charge in [-0.05, 0) is 18.6 Å². The Morgan fingerprint density at radius 1 is 1.44 bits per heavy atom. The molecule has 0 N–H and O–H groups in total. The summed E-state index contributed by atoms with van der Waals surface area (Å²) in [6, 6.07) is 8.04. The summed E-state index contributed by atoms with van der Waals surface area (Å²) in [5.41, 5.74) is 1.06. The van der Waals surface area contributed by atoms with Crippen LogP contribution in [-0.2, 0) is 4.74 Å². The third-order valence-electron chi connectivity index (χ3n) is 3.13. The van der Waals surface area contributed by atoms with Gasteiger partial charge in [-0.3, -0.25) is 0 Å². The van der Waals surface area contributed by atoms with Crippen molar-refractivity contribution in [2.75, 3.05) is 19.8 Å². The predicted octanol–water partition coefficient (Wildman–Crippen LogP) is 2.29. The van der Waals surface area contributed by atoms with Gasteiger partial charge in [-0.25, -0.2) is 4.98 Å². The first kappa shape index (κ1) is 11.3. The van der Waals surface area contributed by atoms with Crippen LogP contribution in [0.25, 0.3) is 5.69 Å². The molecule has 94 valence electrons. The Hall–Kier alpha value is -1.81. The lowest BCUT2D eigenvalue weighted by Gasteiger charge is -2.11. The molecule has 4 nitrogen and oxygen atoms in total. The van der Waals surface area contributed by atoms with Crippen LogP contribution in [0.15, 0.2) is 43.0 Å². The smallest absolute Gasteiger partial charge is 0.121 e. The number of hydrogen-bond acceptors (Lipinski definition) is 3. The predicted molar refractivity (Wildman–Crippen MR) is 68.0 cm³/mol. The maximum atomic E-state index is 5.81. The van der Waals surface area contributed by atoms with E-state index in [0.29, 0.717) is 5.92 Å². The van der Waals surface area contributed by atoms with Crippen LogP contribution in [0.2, 0.25) is 0 Å². The molecule has 4 heteroatoms. The third-order valence-corrected chi connectivity index (χ3v) is 3.13. The van der Waals surface area contributed by atoms with E-state index in [1.54, 1.807) is 12.5 Å². The van der Waals surface area contributed by atoms with E-state index in [9.17, 15) is 0 Å². The summed E-state index contributed by atoms with van der Waals surface area (Å²) in [6.07, 6.45) is 6.57. The second-order valence-corrected chi connectivity index (χ2v) is 4.51. The Balaban J connectivity index is 1.67. The van der Waals surface area contributed by atoms with Crippen molar-refractivity contribution in [2.24, 2.45) is 5.92 Å². The first-order valence-electron chi connectivity index (χ1n) is 6.21. The van der Waals surface area contributed by atoms with Crippen molar-refractivity contribution in [2.45, 2.75) is 6.42 Å². The molecule has 0 amide bonds. The van der Waals surface area contributed by atoms with Crippen molar-refractivity contribution in [1.82, 2.24) is 9.55 Å². The maximum absolute atomic E-state index is 5.81. The molecule has 0 aliphatic carbocycles. The number of ether oxygens (including phenoxy) is 2. The van der Waals surface area contributed by atoms with Gasteiger partial charge in [-0.15, -0.1) is 0 Å². The Kier molecular flexibility index (Phi) is 3.28. The van der Waals surface area contributed by atoms with Crippen molar-refractivity contribution in [3.05, 3.63) is 43.0 Å². The number of benzene rings is 1. The molecular formula is C14H16N2O2. The van der Waals surface area contributed by atoms with Crippen molar-refractivity contribution in [1.29, 1.82) is 0 Å². The van der Waals surface area contributed by atoms with Crippen LogP contribution in [0.3, 0.4) is 0 Å². The average molecular weight is 244 g/mol. The molecule has 0 saturated carbocycles. The van der Waals surface area contributed by atoms with Crippen LogP contribution in [0.4, 0.5) is 0 Å². The van der Waals surface area contributed by atoms with Crippen LogP contribution in [0, 0.1) is 5.92 Å². The van der Waals surface area contributed by atoms with Crippen molar-refractivity contribution >= 4 is 0 Å². The van der Waals surface area contributed by atoms with Crippen LogP contribution in [0.1, 0.15) is 6.42 Å². The molecule has 3 rings (SSSR count). The summed E-state index contributed by atoms with van der Waals surface area (Å²) in [7, 11) is 0. The highest BCUT2D eigenvalue weighted by Gasteiger charge is 2.16. The largest absolute Gasteiger partial charge is 0.493 e. The molecule has 1 aliphatic rings. The van der Waals surface area contributed by atoms with Crippen LogP contribution in [0.5, 0.6) is 5.75 Å². The van der Waals surface area contributed by atoms with E-state index in [1.807, 2.05) is 35.0 Å². The normalized spacial score (nSPS) is 19.0. The van der Waals surface area contributed by atoms with Crippen LogP contribution in [-0.4, -0.2) is 29.4 Å². The fourth-order valence-corrected chi connectivity index (χ4v) is 2.07. The third kappa shape index (κ3) is 2.54. The van der Waals surface area contributed by atoms with Gasteiger partial charge >= 0.3 is 0 Å². The van der Waals surface area contributed by atoms with Gasteiger partial charge in [0.05, 0.1) is 25.2 Å². The van der Waals surface area contributed by atoms with E-state index in [0.717, 1.165) is 37.7 Å². The minimum atomic E-state index is 0.530. The average Bonchev–Trinajstić information content (AvgIpc) is 3.10. The molecule has 1 aromatic carbocycles. The number of rotatable bonds is 4. The highest BCUT2D eigenvalue weighted by atomic mass is 16.5. The van der Waals surface area contributed by atoms with Gasteiger partial charge in [-0.2, -0.15) is 0 Å². The highest BCUT2D eigenvalue weighted by molar-refractivity contribution is 5.39. The number of nitrogens with zero attached hydrogens (tertiary/aromatic N) is 2. The summed E-state index contributed by atoms with van der Waals surface area (Å²) in [5.74, 6) is 1.43. The first-order chi connectivity index (χ1) is 8.92. The lowest BCUT2D eigenvalue weighted by Crippen LogP contribution is -2.11. The van der Waals surface area contributed by atoms with Crippen molar-refractivity contribution in [3.63, 3.8) is 0 Å². The number of imidazole rings is 1. The van der Waals surface area contributed by atoms with E-state index >= 15 is 0 Å². The Bertz CT molecular complexity index is 490. The number of hydrogen-bond donors (Lipinski definition) is 0. The van der Waals surface area contributed by atoms with Gasteiger partial charge in [0, 0.05) is 31.0 Å². The SMILES string of the molecule is c1cc(OC[C@@H]2CCOC2)cc(-n2ccnc2)c1. The zero-order valence-corrected chi connectivity index (χ0v) is 10.2. The van der Waals surface area contributed by atoms with E-state index in [-0.39, 0.29) is 0 Å². The Morgan fingerprint density at radius 2 is 2.44 bits per heavy atom. The zero-order chi connectivity index (χ0) is 12.2. The lowest BCUT2D eigenvalue weighted by atomic mass is 10.1. The molecule has 18 heavy (non-hydrogen) atoms. The minimum absolute atomic E-state index is 0.530. The van der Waals surface area contributed by atoms with E-state index in [2.05, 4.69) is 4.98 Å². The second-order valence-electron chi connectivity index (χ2n) is 4.51. The van der Waals surface area contributed by atoms with E-state index < -0.39 is 0 Å². The summed E-state index contributed by atoms with van der Waals surface area (Å²) < 4.78 is 13.1. The standard InChI is InChI=1S/C14H16N2O2/c1-2-13(16-6-5-15-11-16)8-14(3-1)18-10-12-4-7-17-9-12/h1-3,5-6,8,11-12H,4,7,9-10H2/t12-/m1/s1. The maximum Gasteiger partial charge on any atom is 0.121 e. The van der Waals surface area contributed by atoms with Crippen molar-refractivity contribution in [3.8, 4) is 11.4 Å². The summed E-state index contributed by atoms with van der Waals surface area (Å²) in [5, 5.41) is 0. The van der Waals surface area contributed by atoms with Gasteiger partial charge < -0.3 is 14.0 Å². The van der Waals surface area contributed by atoms with Crippen LogP contribution >= 0.6 is 0 Å². The number of aromatic nitrogens is 2. The molecule has 2 aromatic rings. The van der Waals surface area contributed by atoms with Gasteiger partial charge in [0.15, 0.2) is 0 Å². The summed E-state index contributed by atoms with van der Waals surface area (Å²) in [6.45, 7) is 2.41. The van der Waals surface area contributed by atoms with Gasteiger partial charge in [-0.1, -0.05) is 6.07 Å². The highest BCUT2D eigenvalue weighted by Crippen LogP contribution is 2.19. The molecule has 0 unspecified atom stereocenters. The molecule has 1 aliphatic heterocycles. The molecule has 1 atom stereocenters. The minimum Gasteiger partial charge on any atom is -0.493 e. The van der Waals surface area contributed by atoms with Crippen LogP contribution < -0.4 is 4.74 Å².